The first-order valence-corrected chi connectivity index (χ1v) is 5.53. The molecular weight excluding hydrogens is 214 g/mol. The number of hydrogen-bond donors (Lipinski definition) is 2. The summed E-state index contributed by atoms with van der Waals surface area (Å²) in [6.07, 6.45) is 3.53. The van der Waals surface area contributed by atoms with Crippen LogP contribution in [0.1, 0.15) is 6.92 Å². The molecular formula is C13H15N3O. The van der Waals surface area contributed by atoms with E-state index in [0.717, 1.165) is 23.3 Å². The molecule has 2 heterocycles. The summed E-state index contributed by atoms with van der Waals surface area (Å²) in [5, 5.41) is 5.08. The highest BCUT2D eigenvalue weighted by molar-refractivity contribution is 5.94. The SMILES string of the molecule is CCN.c1ccc2c(-c3ccon3)c[nH]c2c1. The van der Waals surface area contributed by atoms with E-state index in [-0.39, 0.29) is 0 Å². The standard InChI is InChI=1S/C11H8N2O.C2H7N/c1-2-4-10-8(3-1)9(7-12-10)11-5-6-14-13-11;1-2-3/h1-7,12H;2-3H2,1H3. The van der Waals surface area contributed by atoms with Crippen molar-refractivity contribution >= 4 is 10.9 Å². The lowest BCUT2D eigenvalue weighted by Crippen LogP contribution is -1.87. The molecule has 0 aliphatic heterocycles. The van der Waals surface area contributed by atoms with Crippen molar-refractivity contribution in [1.29, 1.82) is 0 Å². The summed E-state index contributed by atoms with van der Waals surface area (Å²) < 4.78 is 4.82. The second-order valence-corrected chi connectivity index (χ2v) is 3.54. The zero-order chi connectivity index (χ0) is 12.1. The average Bonchev–Trinajstić information content (AvgIpc) is 2.98. The van der Waals surface area contributed by atoms with E-state index in [9.17, 15) is 0 Å². The Balaban J connectivity index is 0.000000329. The van der Waals surface area contributed by atoms with Crippen molar-refractivity contribution in [3.8, 4) is 11.3 Å². The molecule has 3 aromatic rings. The number of rotatable bonds is 1. The molecule has 0 aliphatic rings. The Morgan fingerprint density at radius 2 is 2.06 bits per heavy atom. The van der Waals surface area contributed by atoms with Gasteiger partial charge in [0.15, 0.2) is 0 Å². The van der Waals surface area contributed by atoms with Crippen molar-refractivity contribution in [1.82, 2.24) is 10.1 Å². The maximum atomic E-state index is 4.85. The molecule has 4 heteroatoms. The molecule has 1 aromatic carbocycles. The van der Waals surface area contributed by atoms with E-state index in [2.05, 4.69) is 16.2 Å². The van der Waals surface area contributed by atoms with E-state index in [1.165, 1.54) is 5.39 Å². The summed E-state index contributed by atoms with van der Waals surface area (Å²) >= 11 is 0. The van der Waals surface area contributed by atoms with Gasteiger partial charge in [-0.3, -0.25) is 0 Å². The van der Waals surface area contributed by atoms with Crippen LogP contribution in [0.15, 0.2) is 47.3 Å². The van der Waals surface area contributed by atoms with E-state index in [1.54, 1.807) is 6.26 Å². The Hall–Kier alpha value is -2.07. The number of H-pyrrole nitrogens is 1. The molecule has 0 unspecified atom stereocenters. The van der Waals surface area contributed by atoms with Crippen molar-refractivity contribution in [2.45, 2.75) is 6.92 Å². The van der Waals surface area contributed by atoms with Gasteiger partial charge in [0.05, 0.1) is 0 Å². The third-order valence-corrected chi connectivity index (χ3v) is 2.30. The van der Waals surface area contributed by atoms with Gasteiger partial charge in [-0.1, -0.05) is 30.3 Å². The second-order valence-electron chi connectivity index (χ2n) is 3.54. The zero-order valence-electron chi connectivity index (χ0n) is 9.68. The molecule has 0 atom stereocenters. The van der Waals surface area contributed by atoms with Crippen molar-refractivity contribution < 1.29 is 4.52 Å². The predicted octanol–water partition coefficient (Wildman–Crippen LogP) is 2.79. The summed E-state index contributed by atoms with van der Waals surface area (Å²) in [6, 6.07) is 9.98. The number of nitrogens with zero attached hydrogens (tertiary/aromatic N) is 1. The first-order chi connectivity index (χ1) is 8.36. The number of benzene rings is 1. The number of para-hydroxylation sites is 1. The molecule has 0 saturated heterocycles. The quantitative estimate of drug-likeness (QED) is 0.674. The van der Waals surface area contributed by atoms with E-state index in [4.69, 9.17) is 10.3 Å². The highest BCUT2D eigenvalue weighted by Crippen LogP contribution is 2.26. The Kier molecular flexibility index (Phi) is 3.57. The van der Waals surface area contributed by atoms with Gasteiger partial charge in [-0.25, -0.2) is 0 Å². The monoisotopic (exact) mass is 229 g/mol. The van der Waals surface area contributed by atoms with Gasteiger partial charge in [0.25, 0.3) is 0 Å². The molecule has 4 nitrogen and oxygen atoms in total. The lowest BCUT2D eigenvalue weighted by Gasteiger charge is -1.91. The van der Waals surface area contributed by atoms with Crippen molar-refractivity contribution in [2.24, 2.45) is 5.73 Å². The lowest BCUT2D eigenvalue weighted by atomic mass is 10.1. The molecule has 3 N–H and O–H groups in total. The minimum absolute atomic E-state index is 0.750. The van der Waals surface area contributed by atoms with Gasteiger partial charge in [0.1, 0.15) is 12.0 Å². The normalized spacial score (nSPS) is 10.0. The fraction of sp³-hybridized carbons (Fsp3) is 0.154. The molecule has 0 aliphatic carbocycles. The van der Waals surface area contributed by atoms with Gasteiger partial charge in [0, 0.05) is 28.7 Å². The van der Waals surface area contributed by atoms with Gasteiger partial charge in [-0.05, 0) is 12.6 Å². The van der Waals surface area contributed by atoms with Crippen LogP contribution in [-0.2, 0) is 0 Å². The maximum absolute atomic E-state index is 4.85. The fourth-order valence-electron chi connectivity index (χ4n) is 1.63. The van der Waals surface area contributed by atoms with Gasteiger partial charge < -0.3 is 15.2 Å². The maximum Gasteiger partial charge on any atom is 0.124 e. The van der Waals surface area contributed by atoms with Crippen LogP contribution < -0.4 is 5.73 Å². The molecule has 0 fully saturated rings. The van der Waals surface area contributed by atoms with Crippen LogP contribution in [0.4, 0.5) is 0 Å². The van der Waals surface area contributed by atoms with Crippen LogP contribution in [0.5, 0.6) is 0 Å². The van der Waals surface area contributed by atoms with E-state index >= 15 is 0 Å². The van der Waals surface area contributed by atoms with Crippen molar-refractivity contribution in [2.75, 3.05) is 6.54 Å². The Morgan fingerprint density at radius 3 is 2.76 bits per heavy atom. The van der Waals surface area contributed by atoms with Crippen molar-refractivity contribution in [3.05, 3.63) is 42.8 Å². The molecule has 0 spiro atoms. The first-order valence-electron chi connectivity index (χ1n) is 5.53. The van der Waals surface area contributed by atoms with Gasteiger partial charge in [-0.15, -0.1) is 0 Å². The van der Waals surface area contributed by atoms with Crippen LogP contribution in [0.2, 0.25) is 0 Å². The fourth-order valence-corrected chi connectivity index (χ4v) is 1.63. The second kappa shape index (κ2) is 5.32. The van der Waals surface area contributed by atoms with E-state index in [0.29, 0.717) is 0 Å². The zero-order valence-corrected chi connectivity index (χ0v) is 9.68. The Bertz CT molecular complexity index is 569. The third-order valence-electron chi connectivity index (χ3n) is 2.30. The predicted molar refractivity (Wildman–Crippen MR) is 68.5 cm³/mol. The first kappa shape index (κ1) is 11.4. The molecule has 0 bridgehead atoms. The smallest absolute Gasteiger partial charge is 0.124 e. The molecule has 88 valence electrons. The molecule has 0 radical (unpaired) electrons. The highest BCUT2D eigenvalue weighted by atomic mass is 16.5. The molecule has 2 aromatic heterocycles. The molecule has 0 amide bonds. The number of aromatic amines is 1. The van der Waals surface area contributed by atoms with Crippen LogP contribution in [0, 0.1) is 0 Å². The average molecular weight is 229 g/mol. The number of aromatic nitrogens is 2. The summed E-state index contributed by atoms with van der Waals surface area (Å²) in [6.45, 7) is 2.65. The van der Waals surface area contributed by atoms with E-state index in [1.807, 2.05) is 37.4 Å². The topological polar surface area (TPSA) is 67.8 Å². The van der Waals surface area contributed by atoms with Gasteiger partial charge >= 0.3 is 0 Å². The largest absolute Gasteiger partial charge is 0.364 e. The summed E-state index contributed by atoms with van der Waals surface area (Å²) in [5.41, 5.74) is 7.90. The minimum Gasteiger partial charge on any atom is -0.364 e. The van der Waals surface area contributed by atoms with Crippen LogP contribution in [0.25, 0.3) is 22.2 Å². The Labute approximate surface area is 99.4 Å². The van der Waals surface area contributed by atoms with Crippen molar-refractivity contribution in [3.63, 3.8) is 0 Å². The summed E-state index contributed by atoms with van der Waals surface area (Å²) in [5.74, 6) is 0. The van der Waals surface area contributed by atoms with Crippen LogP contribution >= 0.6 is 0 Å². The van der Waals surface area contributed by atoms with Crippen LogP contribution in [-0.4, -0.2) is 16.7 Å². The highest BCUT2D eigenvalue weighted by Gasteiger charge is 2.06. The minimum atomic E-state index is 0.750. The molecule has 3 rings (SSSR count). The van der Waals surface area contributed by atoms with Crippen LogP contribution in [0.3, 0.4) is 0 Å². The number of hydrogen-bond acceptors (Lipinski definition) is 3. The number of nitrogens with two attached hydrogens (primary N) is 1. The van der Waals surface area contributed by atoms with Gasteiger partial charge in [0.2, 0.25) is 0 Å². The third kappa shape index (κ3) is 2.37. The summed E-state index contributed by atoms with van der Waals surface area (Å²) in [4.78, 5) is 3.19. The molecule has 17 heavy (non-hydrogen) atoms. The number of nitrogens with one attached hydrogen (secondary N) is 1. The number of fused-ring (bicyclic) bond motifs is 1. The lowest BCUT2D eigenvalue weighted by molar-refractivity contribution is 0.422. The summed E-state index contributed by atoms with van der Waals surface area (Å²) in [7, 11) is 0. The van der Waals surface area contributed by atoms with E-state index < -0.39 is 0 Å². The Morgan fingerprint density at radius 1 is 1.29 bits per heavy atom. The molecule has 0 saturated carbocycles. The van der Waals surface area contributed by atoms with Gasteiger partial charge in [-0.2, -0.15) is 0 Å².